The molecule has 0 atom stereocenters. The molecule has 1 aromatic carbocycles. The van der Waals surface area contributed by atoms with Crippen molar-refractivity contribution >= 4 is 15.7 Å². The maximum atomic E-state index is 12.7. The summed E-state index contributed by atoms with van der Waals surface area (Å²) in [6.45, 7) is 0.603. The molecule has 1 saturated heterocycles. The highest BCUT2D eigenvalue weighted by Gasteiger charge is 2.31. The van der Waals surface area contributed by atoms with Crippen LogP contribution < -0.4 is 4.74 Å². The van der Waals surface area contributed by atoms with E-state index in [1.807, 2.05) is 0 Å². The van der Waals surface area contributed by atoms with Crippen molar-refractivity contribution in [1.82, 2.24) is 9.29 Å². The van der Waals surface area contributed by atoms with E-state index < -0.39 is 14.9 Å². The van der Waals surface area contributed by atoms with Crippen LogP contribution in [-0.2, 0) is 10.0 Å². The van der Waals surface area contributed by atoms with Gasteiger partial charge in [-0.15, -0.1) is 0 Å². The Kier molecular flexibility index (Phi) is 4.95. The molecule has 0 spiro atoms. The number of nitrogens with zero attached hydrogens (tertiary/aromatic N) is 3. The minimum absolute atomic E-state index is 0.0617. The molecule has 8 nitrogen and oxygen atoms in total. The maximum Gasteiger partial charge on any atom is 0.270 e. The fraction of sp³-hybridized carbons (Fsp3) is 0.312. The average Bonchev–Trinajstić information content (AvgIpc) is 2.63. The third-order valence-electron chi connectivity index (χ3n) is 4.00. The molecule has 3 rings (SSSR count). The van der Waals surface area contributed by atoms with Crippen LogP contribution in [0.2, 0.25) is 0 Å². The van der Waals surface area contributed by atoms with Crippen molar-refractivity contribution in [2.45, 2.75) is 23.8 Å². The smallest absolute Gasteiger partial charge is 0.270 e. The van der Waals surface area contributed by atoms with Gasteiger partial charge < -0.3 is 4.74 Å². The van der Waals surface area contributed by atoms with Crippen molar-refractivity contribution in [3.63, 3.8) is 0 Å². The van der Waals surface area contributed by atoms with Gasteiger partial charge in [0.15, 0.2) is 0 Å². The molecule has 2 heterocycles. The van der Waals surface area contributed by atoms with Crippen molar-refractivity contribution in [3.05, 3.63) is 58.9 Å². The highest BCUT2D eigenvalue weighted by atomic mass is 32.2. The first-order chi connectivity index (χ1) is 12.0. The topological polar surface area (TPSA) is 103 Å². The van der Waals surface area contributed by atoms with Crippen LogP contribution in [0.15, 0.2) is 53.7 Å². The molecule has 0 saturated carbocycles. The lowest BCUT2D eigenvalue weighted by atomic mass is 10.1. The molecular formula is C16H17N3O5S. The Morgan fingerprint density at radius 3 is 2.60 bits per heavy atom. The summed E-state index contributed by atoms with van der Waals surface area (Å²) in [5.41, 5.74) is -0.240. The third kappa shape index (κ3) is 3.94. The minimum atomic E-state index is -3.75. The molecule has 1 fully saturated rings. The van der Waals surface area contributed by atoms with Crippen molar-refractivity contribution in [3.8, 4) is 5.75 Å². The maximum absolute atomic E-state index is 12.7. The van der Waals surface area contributed by atoms with E-state index in [0.717, 1.165) is 6.07 Å². The first-order valence-corrected chi connectivity index (χ1v) is 9.22. The second-order valence-electron chi connectivity index (χ2n) is 5.66. The van der Waals surface area contributed by atoms with Crippen molar-refractivity contribution in [2.24, 2.45) is 0 Å². The molecular weight excluding hydrogens is 346 g/mol. The Morgan fingerprint density at radius 1 is 1.20 bits per heavy atom. The first-order valence-electron chi connectivity index (χ1n) is 7.78. The number of aromatic nitrogens is 1. The zero-order chi connectivity index (χ0) is 17.9. The van der Waals surface area contributed by atoms with Gasteiger partial charge in [0.25, 0.3) is 5.69 Å². The van der Waals surface area contributed by atoms with Crippen LogP contribution in [0.3, 0.4) is 0 Å². The van der Waals surface area contributed by atoms with Gasteiger partial charge in [-0.1, -0.05) is 6.07 Å². The molecule has 2 aromatic rings. The molecule has 0 unspecified atom stereocenters. The van der Waals surface area contributed by atoms with E-state index in [2.05, 4.69) is 4.98 Å². The molecule has 0 bridgehead atoms. The summed E-state index contributed by atoms with van der Waals surface area (Å²) in [6.07, 6.45) is 4.28. The summed E-state index contributed by atoms with van der Waals surface area (Å²) in [4.78, 5) is 14.2. The number of hydrogen-bond acceptors (Lipinski definition) is 6. The highest BCUT2D eigenvalue weighted by molar-refractivity contribution is 7.89. The molecule has 1 aromatic heterocycles. The number of nitro groups is 1. The first kappa shape index (κ1) is 17.3. The summed E-state index contributed by atoms with van der Waals surface area (Å²) in [7, 11) is -3.75. The summed E-state index contributed by atoms with van der Waals surface area (Å²) < 4.78 is 32.5. The lowest BCUT2D eigenvalue weighted by Crippen LogP contribution is -2.41. The van der Waals surface area contributed by atoms with Gasteiger partial charge in [-0.3, -0.25) is 15.1 Å². The third-order valence-corrected chi connectivity index (χ3v) is 5.90. The van der Waals surface area contributed by atoms with E-state index in [4.69, 9.17) is 4.74 Å². The average molecular weight is 363 g/mol. The van der Waals surface area contributed by atoms with Crippen LogP contribution in [0, 0.1) is 10.1 Å². The standard InChI is InChI=1S/C16H17N3O5S/c20-19(21)13-3-1-5-16(11-13)25(22,23)18-9-6-14(7-10-18)24-15-4-2-8-17-12-15/h1-5,8,11-12,14H,6-7,9-10H2. The second kappa shape index (κ2) is 7.16. The monoisotopic (exact) mass is 363 g/mol. The molecule has 0 amide bonds. The van der Waals surface area contributed by atoms with Crippen LogP contribution in [0.1, 0.15) is 12.8 Å². The van der Waals surface area contributed by atoms with Crippen LogP contribution in [0.5, 0.6) is 5.75 Å². The number of ether oxygens (including phenoxy) is 1. The quantitative estimate of drug-likeness (QED) is 0.596. The Hall–Kier alpha value is -2.52. The number of nitro benzene ring substituents is 1. The number of sulfonamides is 1. The van der Waals surface area contributed by atoms with Crippen LogP contribution in [0.25, 0.3) is 0 Å². The number of piperidine rings is 1. The summed E-state index contributed by atoms with van der Waals surface area (Å²) in [6, 6.07) is 8.70. The lowest BCUT2D eigenvalue weighted by Gasteiger charge is -2.31. The van der Waals surface area contributed by atoms with E-state index in [1.165, 1.54) is 22.5 Å². The van der Waals surface area contributed by atoms with Crippen LogP contribution in [-0.4, -0.2) is 41.8 Å². The largest absolute Gasteiger partial charge is 0.489 e. The Bertz CT molecular complexity index is 849. The molecule has 1 aliphatic rings. The van der Waals surface area contributed by atoms with Crippen molar-refractivity contribution in [2.75, 3.05) is 13.1 Å². The van der Waals surface area contributed by atoms with E-state index in [1.54, 1.807) is 24.5 Å². The Labute approximate surface area is 145 Å². The minimum Gasteiger partial charge on any atom is -0.489 e. The predicted molar refractivity (Wildman–Crippen MR) is 89.7 cm³/mol. The van der Waals surface area contributed by atoms with Gasteiger partial charge in [0, 0.05) is 31.4 Å². The summed E-state index contributed by atoms with van der Waals surface area (Å²) in [5, 5.41) is 10.8. The molecule has 1 aliphatic heterocycles. The predicted octanol–water partition coefficient (Wildman–Crippen LogP) is 2.22. The van der Waals surface area contributed by atoms with Gasteiger partial charge in [0.2, 0.25) is 10.0 Å². The van der Waals surface area contributed by atoms with Crippen LogP contribution >= 0.6 is 0 Å². The van der Waals surface area contributed by atoms with Gasteiger partial charge in [-0.05, 0) is 31.0 Å². The number of benzene rings is 1. The number of pyridine rings is 1. The molecule has 0 N–H and O–H groups in total. The molecule has 9 heteroatoms. The van der Waals surface area contributed by atoms with Gasteiger partial charge in [-0.25, -0.2) is 8.42 Å². The zero-order valence-corrected chi connectivity index (χ0v) is 14.1. The molecule has 132 valence electrons. The zero-order valence-electron chi connectivity index (χ0n) is 13.3. The second-order valence-corrected chi connectivity index (χ2v) is 7.60. The SMILES string of the molecule is O=[N+]([O-])c1cccc(S(=O)(=O)N2CCC(Oc3cccnc3)CC2)c1. The Morgan fingerprint density at radius 2 is 1.96 bits per heavy atom. The van der Waals surface area contributed by atoms with Gasteiger partial charge >= 0.3 is 0 Å². The summed E-state index contributed by atoms with van der Waals surface area (Å²) in [5.74, 6) is 0.655. The molecule has 0 aliphatic carbocycles. The van der Waals surface area contributed by atoms with E-state index in [-0.39, 0.29) is 16.7 Å². The molecule has 25 heavy (non-hydrogen) atoms. The molecule has 0 radical (unpaired) electrons. The summed E-state index contributed by atoms with van der Waals surface area (Å²) >= 11 is 0. The van der Waals surface area contributed by atoms with Crippen molar-refractivity contribution < 1.29 is 18.1 Å². The fourth-order valence-electron chi connectivity index (χ4n) is 2.71. The fourth-order valence-corrected chi connectivity index (χ4v) is 4.22. The van der Waals surface area contributed by atoms with Gasteiger partial charge in [0.05, 0.1) is 16.0 Å². The Balaban J connectivity index is 1.67. The van der Waals surface area contributed by atoms with Gasteiger partial charge in [0.1, 0.15) is 11.9 Å². The van der Waals surface area contributed by atoms with E-state index >= 15 is 0 Å². The van der Waals surface area contributed by atoms with Crippen molar-refractivity contribution in [1.29, 1.82) is 0 Å². The lowest BCUT2D eigenvalue weighted by molar-refractivity contribution is -0.385. The number of hydrogen-bond donors (Lipinski definition) is 0. The van der Waals surface area contributed by atoms with Crippen LogP contribution in [0.4, 0.5) is 5.69 Å². The van der Waals surface area contributed by atoms with E-state index in [9.17, 15) is 18.5 Å². The number of rotatable bonds is 5. The van der Waals surface area contributed by atoms with Gasteiger partial charge in [-0.2, -0.15) is 4.31 Å². The van der Waals surface area contributed by atoms with E-state index in [0.29, 0.717) is 31.7 Å². The number of non-ortho nitro benzene ring substituents is 1. The normalized spacial score (nSPS) is 16.5. The highest BCUT2D eigenvalue weighted by Crippen LogP contribution is 2.25.